The van der Waals surface area contributed by atoms with E-state index >= 15 is 0 Å². The van der Waals surface area contributed by atoms with Gasteiger partial charge in [0.25, 0.3) is 0 Å². The van der Waals surface area contributed by atoms with Crippen molar-refractivity contribution in [3.05, 3.63) is 41.2 Å². The molecule has 84 valence electrons. The van der Waals surface area contributed by atoms with Crippen LogP contribution in [0.15, 0.2) is 24.3 Å². The predicted molar refractivity (Wildman–Crippen MR) is 64.0 cm³/mol. The topological polar surface area (TPSA) is 56.7 Å². The summed E-state index contributed by atoms with van der Waals surface area (Å²) in [7, 11) is 1.81. The normalized spacial score (nSPS) is 10.6. The minimum atomic E-state index is 0.472. The molecule has 0 saturated heterocycles. The van der Waals surface area contributed by atoms with Crippen molar-refractivity contribution in [1.82, 2.24) is 14.8 Å². The lowest BCUT2D eigenvalue weighted by Gasteiger charge is -2.02. The van der Waals surface area contributed by atoms with Gasteiger partial charge in [-0.2, -0.15) is 10.1 Å². The molecule has 0 atom stereocenters. The first kappa shape index (κ1) is 10.7. The van der Waals surface area contributed by atoms with E-state index in [1.54, 1.807) is 11.7 Å². The van der Waals surface area contributed by atoms with Crippen molar-refractivity contribution < 1.29 is 0 Å². The molecule has 0 aliphatic heterocycles. The van der Waals surface area contributed by atoms with Crippen LogP contribution >= 0.6 is 0 Å². The molecule has 1 heterocycles. The molecule has 4 heteroatoms. The van der Waals surface area contributed by atoms with Gasteiger partial charge in [-0.05, 0) is 24.5 Å². The molecule has 0 amide bonds. The number of aryl methyl sites for hydroxylation is 4. The minimum absolute atomic E-state index is 0.472. The van der Waals surface area contributed by atoms with Crippen LogP contribution in [0.5, 0.6) is 0 Å². The van der Waals surface area contributed by atoms with E-state index in [0.717, 1.165) is 18.7 Å². The van der Waals surface area contributed by atoms with Gasteiger partial charge in [0, 0.05) is 13.5 Å². The van der Waals surface area contributed by atoms with Crippen molar-refractivity contribution >= 4 is 5.95 Å². The standard InChI is InChI=1S/C12H16N4/c1-9-5-3-4-6-10(9)7-8-11-14-12(13)16(2)15-11/h3-6H,7-8H2,1-2H3,(H2,13,14,15). The highest BCUT2D eigenvalue weighted by Crippen LogP contribution is 2.10. The monoisotopic (exact) mass is 216 g/mol. The summed E-state index contributed by atoms with van der Waals surface area (Å²) in [6.07, 6.45) is 1.78. The smallest absolute Gasteiger partial charge is 0.218 e. The zero-order valence-electron chi connectivity index (χ0n) is 9.64. The van der Waals surface area contributed by atoms with E-state index in [4.69, 9.17) is 5.73 Å². The molecule has 1 aromatic heterocycles. The first-order chi connectivity index (χ1) is 7.66. The predicted octanol–water partition coefficient (Wildman–Crippen LogP) is 1.49. The molecular weight excluding hydrogens is 200 g/mol. The maximum atomic E-state index is 5.63. The van der Waals surface area contributed by atoms with Crippen molar-refractivity contribution in [1.29, 1.82) is 0 Å². The second-order valence-electron chi connectivity index (χ2n) is 3.94. The summed E-state index contributed by atoms with van der Waals surface area (Å²) in [5.74, 6) is 1.28. The van der Waals surface area contributed by atoms with Gasteiger partial charge in [-0.15, -0.1) is 0 Å². The van der Waals surface area contributed by atoms with Gasteiger partial charge >= 0.3 is 0 Å². The van der Waals surface area contributed by atoms with Crippen molar-refractivity contribution in [3.8, 4) is 0 Å². The highest BCUT2D eigenvalue weighted by Gasteiger charge is 2.04. The van der Waals surface area contributed by atoms with E-state index in [-0.39, 0.29) is 0 Å². The molecule has 1 aromatic carbocycles. The van der Waals surface area contributed by atoms with Gasteiger partial charge in [0.05, 0.1) is 0 Å². The molecule has 16 heavy (non-hydrogen) atoms. The lowest BCUT2D eigenvalue weighted by atomic mass is 10.0. The molecule has 2 N–H and O–H groups in total. The van der Waals surface area contributed by atoms with E-state index in [2.05, 4.69) is 41.3 Å². The van der Waals surface area contributed by atoms with Gasteiger partial charge in [-0.3, -0.25) is 0 Å². The summed E-state index contributed by atoms with van der Waals surface area (Å²) >= 11 is 0. The van der Waals surface area contributed by atoms with Crippen LogP contribution in [0, 0.1) is 6.92 Å². The molecule has 0 saturated carbocycles. The number of hydrogen-bond donors (Lipinski definition) is 1. The third kappa shape index (κ3) is 2.21. The fourth-order valence-electron chi connectivity index (χ4n) is 1.69. The van der Waals surface area contributed by atoms with Gasteiger partial charge in [-0.25, -0.2) is 4.68 Å². The number of nitrogens with zero attached hydrogens (tertiary/aromatic N) is 3. The Balaban J connectivity index is 2.05. The van der Waals surface area contributed by atoms with Crippen LogP contribution in [0.3, 0.4) is 0 Å². The first-order valence-corrected chi connectivity index (χ1v) is 5.36. The number of rotatable bonds is 3. The fourth-order valence-corrected chi connectivity index (χ4v) is 1.69. The highest BCUT2D eigenvalue weighted by molar-refractivity contribution is 5.26. The average Bonchev–Trinajstić information content (AvgIpc) is 2.57. The van der Waals surface area contributed by atoms with E-state index in [1.807, 2.05) is 0 Å². The number of benzene rings is 1. The lowest BCUT2D eigenvalue weighted by Crippen LogP contribution is -1.98. The van der Waals surface area contributed by atoms with Crippen molar-refractivity contribution in [3.63, 3.8) is 0 Å². The minimum Gasteiger partial charge on any atom is -0.368 e. The molecule has 0 radical (unpaired) electrons. The van der Waals surface area contributed by atoms with E-state index < -0.39 is 0 Å². The van der Waals surface area contributed by atoms with Gasteiger partial charge in [0.15, 0.2) is 5.82 Å². The second kappa shape index (κ2) is 4.35. The maximum absolute atomic E-state index is 5.63. The van der Waals surface area contributed by atoms with Gasteiger partial charge in [0.2, 0.25) is 5.95 Å². The number of nitrogens with two attached hydrogens (primary N) is 1. The van der Waals surface area contributed by atoms with Gasteiger partial charge < -0.3 is 5.73 Å². The SMILES string of the molecule is Cc1ccccc1CCc1nc(N)n(C)n1. The van der Waals surface area contributed by atoms with Crippen LogP contribution in [0.1, 0.15) is 17.0 Å². The van der Waals surface area contributed by atoms with Crippen LogP contribution in [0.25, 0.3) is 0 Å². The van der Waals surface area contributed by atoms with Crippen LogP contribution in [0.4, 0.5) is 5.95 Å². The van der Waals surface area contributed by atoms with Crippen molar-refractivity contribution in [2.75, 3.05) is 5.73 Å². The van der Waals surface area contributed by atoms with E-state index in [9.17, 15) is 0 Å². The van der Waals surface area contributed by atoms with E-state index in [0.29, 0.717) is 5.95 Å². The van der Waals surface area contributed by atoms with Crippen molar-refractivity contribution in [2.45, 2.75) is 19.8 Å². The molecule has 0 fully saturated rings. The molecule has 2 aromatic rings. The summed E-state index contributed by atoms with van der Waals surface area (Å²) in [4.78, 5) is 4.18. The summed E-state index contributed by atoms with van der Waals surface area (Å²) in [5.41, 5.74) is 8.28. The maximum Gasteiger partial charge on any atom is 0.218 e. The Labute approximate surface area is 95.1 Å². The zero-order valence-corrected chi connectivity index (χ0v) is 9.64. The van der Waals surface area contributed by atoms with Gasteiger partial charge in [0.1, 0.15) is 0 Å². The molecular formula is C12H16N4. The quantitative estimate of drug-likeness (QED) is 0.845. The Morgan fingerprint density at radius 2 is 2.00 bits per heavy atom. The number of nitrogen functional groups attached to an aromatic ring is 1. The lowest BCUT2D eigenvalue weighted by molar-refractivity contribution is 0.743. The molecule has 0 aliphatic rings. The number of hydrogen-bond acceptors (Lipinski definition) is 3. The van der Waals surface area contributed by atoms with Crippen LogP contribution in [0.2, 0.25) is 0 Å². The van der Waals surface area contributed by atoms with E-state index in [1.165, 1.54) is 11.1 Å². The number of aromatic nitrogens is 3. The van der Waals surface area contributed by atoms with Crippen LogP contribution in [-0.4, -0.2) is 14.8 Å². The molecule has 0 spiro atoms. The fraction of sp³-hybridized carbons (Fsp3) is 0.333. The summed E-state index contributed by atoms with van der Waals surface area (Å²) in [5, 5.41) is 4.24. The Kier molecular flexibility index (Phi) is 2.90. The Morgan fingerprint density at radius 3 is 2.62 bits per heavy atom. The summed E-state index contributed by atoms with van der Waals surface area (Å²) < 4.78 is 1.60. The molecule has 2 rings (SSSR count). The summed E-state index contributed by atoms with van der Waals surface area (Å²) in [6, 6.07) is 8.37. The van der Waals surface area contributed by atoms with Crippen LogP contribution in [-0.2, 0) is 19.9 Å². The van der Waals surface area contributed by atoms with Crippen molar-refractivity contribution in [2.24, 2.45) is 7.05 Å². The first-order valence-electron chi connectivity index (χ1n) is 5.36. The molecule has 4 nitrogen and oxygen atoms in total. The van der Waals surface area contributed by atoms with Crippen LogP contribution < -0.4 is 5.73 Å². The summed E-state index contributed by atoms with van der Waals surface area (Å²) in [6.45, 7) is 2.12. The Hall–Kier alpha value is -1.84. The Bertz CT molecular complexity index is 468. The molecule has 0 unspecified atom stereocenters. The van der Waals surface area contributed by atoms with Gasteiger partial charge in [-0.1, -0.05) is 24.3 Å². The third-order valence-electron chi connectivity index (χ3n) is 2.72. The molecule has 0 bridgehead atoms. The highest BCUT2D eigenvalue weighted by atomic mass is 15.4. The second-order valence-corrected chi connectivity index (χ2v) is 3.94. The molecule has 0 aliphatic carbocycles. The Morgan fingerprint density at radius 1 is 1.25 bits per heavy atom. The number of anilines is 1. The largest absolute Gasteiger partial charge is 0.368 e. The third-order valence-corrected chi connectivity index (χ3v) is 2.72. The zero-order chi connectivity index (χ0) is 11.5. The average molecular weight is 216 g/mol.